The monoisotopic (exact) mass is 484 g/mol. The third kappa shape index (κ3) is 3.22. The number of pyridine rings is 1. The van der Waals surface area contributed by atoms with Crippen LogP contribution in [0.15, 0.2) is 65.8 Å². The molecule has 0 saturated carbocycles. The number of methoxy groups -OCH3 is 1. The highest BCUT2D eigenvalue weighted by molar-refractivity contribution is 6.08. The van der Waals surface area contributed by atoms with Gasteiger partial charge in [0.1, 0.15) is 0 Å². The van der Waals surface area contributed by atoms with Gasteiger partial charge in [-0.25, -0.2) is 9.98 Å². The van der Waals surface area contributed by atoms with Crippen LogP contribution in [0.3, 0.4) is 0 Å². The molecule has 184 valence electrons. The third-order valence-corrected chi connectivity index (χ3v) is 8.36. The van der Waals surface area contributed by atoms with E-state index < -0.39 is 16.9 Å². The molecule has 3 aliphatic rings. The average molecular weight is 485 g/mol. The molecule has 2 heterocycles. The number of carbonyl (C=O) groups is 1. The van der Waals surface area contributed by atoms with Gasteiger partial charge in [-0.05, 0) is 78.1 Å². The molecule has 2 spiro atoms. The molecule has 6 nitrogen and oxygen atoms in total. The summed E-state index contributed by atoms with van der Waals surface area (Å²) < 4.78 is 19.9. The van der Waals surface area contributed by atoms with Crippen molar-refractivity contribution in [3.8, 4) is 11.1 Å². The first-order chi connectivity index (χ1) is 17.5. The number of nitrogens with zero attached hydrogens (tertiary/aromatic N) is 3. The van der Waals surface area contributed by atoms with Crippen LogP contribution in [0.4, 0.5) is 4.39 Å². The highest BCUT2D eigenvalue weighted by Crippen LogP contribution is 2.61. The van der Waals surface area contributed by atoms with Gasteiger partial charge in [0.2, 0.25) is 5.95 Å². The Balaban J connectivity index is 1.52. The van der Waals surface area contributed by atoms with Gasteiger partial charge in [0.25, 0.3) is 5.91 Å². The fourth-order valence-electron chi connectivity index (χ4n) is 6.57. The van der Waals surface area contributed by atoms with Crippen LogP contribution < -0.4 is 5.73 Å². The number of guanidine groups is 1. The molecule has 1 unspecified atom stereocenters. The van der Waals surface area contributed by atoms with E-state index >= 15 is 0 Å². The predicted molar refractivity (Wildman–Crippen MR) is 136 cm³/mol. The van der Waals surface area contributed by atoms with Crippen molar-refractivity contribution >= 4 is 11.9 Å². The van der Waals surface area contributed by atoms with Crippen LogP contribution in [0.25, 0.3) is 11.1 Å². The summed E-state index contributed by atoms with van der Waals surface area (Å²) in [4.78, 5) is 24.8. The summed E-state index contributed by atoms with van der Waals surface area (Å²) in [6.07, 6.45) is 5.54. The Labute approximate surface area is 210 Å². The number of carbonyl (C=O) groups excluding carboxylic acids is 1. The molecule has 36 heavy (non-hydrogen) atoms. The van der Waals surface area contributed by atoms with Gasteiger partial charge < -0.3 is 10.5 Å². The number of aliphatic imine (C=N–C) groups is 1. The Morgan fingerprint density at radius 2 is 1.81 bits per heavy atom. The number of rotatable bonds is 4. The number of benzene rings is 2. The number of ether oxygens (including phenoxy) is 1. The molecular weight excluding hydrogens is 455 g/mol. The highest BCUT2D eigenvalue weighted by Gasteiger charge is 2.66. The molecule has 0 bridgehead atoms. The van der Waals surface area contributed by atoms with Gasteiger partial charge in [0.15, 0.2) is 11.5 Å². The van der Waals surface area contributed by atoms with Crippen molar-refractivity contribution in [2.45, 2.75) is 37.6 Å². The van der Waals surface area contributed by atoms with E-state index in [1.807, 2.05) is 18.2 Å². The Bertz CT molecular complexity index is 1360. The van der Waals surface area contributed by atoms with Gasteiger partial charge in [0.05, 0.1) is 13.2 Å². The van der Waals surface area contributed by atoms with E-state index in [0.717, 1.165) is 43.2 Å². The summed E-state index contributed by atoms with van der Waals surface area (Å²) in [7, 11) is 1.60. The molecule has 0 fully saturated rings. The number of hydrogen-bond donors (Lipinski definition) is 1. The Kier molecular flexibility index (Phi) is 5.41. The van der Waals surface area contributed by atoms with E-state index in [-0.39, 0.29) is 11.9 Å². The first-order valence-electron chi connectivity index (χ1n) is 12.5. The number of hydrogen-bond acceptors (Lipinski definition) is 5. The topological polar surface area (TPSA) is 80.8 Å². The van der Waals surface area contributed by atoms with Crippen molar-refractivity contribution in [3.05, 3.63) is 89.0 Å². The lowest BCUT2D eigenvalue weighted by molar-refractivity contribution is -0.137. The van der Waals surface area contributed by atoms with E-state index in [4.69, 9.17) is 15.5 Å². The molecule has 6 rings (SSSR count). The fourth-order valence-corrected chi connectivity index (χ4v) is 6.57. The number of amides is 1. The van der Waals surface area contributed by atoms with Crippen LogP contribution >= 0.6 is 0 Å². The molecule has 1 aliphatic heterocycles. The summed E-state index contributed by atoms with van der Waals surface area (Å²) >= 11 is 0. The number of fused-ring (bicyclic) bond motifs is 4. The van der Waals surface area contributed by atoms with E-state index in [1.54, 1.807) is 24.1 Å². The molecule has 1 atom stereocenters. The standard InChI is InChI=1S/C29H29FN4O2/c1-36-16-15-34-26(35)29(33-27(34)31)24-17-21(23-7-4-14-32-25(23)30)8-9-22(24)18-28(29)12-10-19-5-2-3-6-20(19)11-13-28/h2-9,14,17H,10-13,15-16,18H2,1H3,(H2,31,33). The Morgan fingerprint density at radius 3 is 2.50 bits per heavy atom. The minimum atomic E-state index is -1.14. The number of nitrogens with two attached hydrogens (primary N) is 1. The highest BCUT2D eigenvalue weighted by atomic mass is 19.1. The molecule has 2 aromatic carbocycles. The molecule has 0 saturated heterocycles. The van der Waals surface area contributed by atoms with Crippen LogP contribution in [-0.4, -0.2) is 42.0 Å². The van der Waals surface area contributed by atoms with Gasteiger partial charge in [-0.15, -0.1) is 0 Å². The minimum Gasteiger partial charge on any atom is -0.383 e. The molecule has 1 aromatic heterocycles. The van der Waals surface area contributed by atoms with Gasteiger partial charge in [-0.2, -0.15) is 4.39 Å². The van der Waals surface area contributed by atoms with E-state index in [9.17, 15) is 9.18 Å². The van der Waals surface area contributed by atoms with Crippen LogP contribution in [0.1, 0.15) is 35.1 Å². The van der Waals surface area contributed by atoms with Gasteiger partial charge in [-0.1, -0.05) is 36.4 Å². The molecule has 2 N–H and O–H groups in total. The van der Waals surface area contributed by atoms with Crippen molar-refractivity contribution in [2.75, 3.05) is 20.3 Å². The summed E-state index contributed by atoms with van der Waals surface area (Å²) in [5.74, 6) is -0.416. The maximum Gasteiger partial charge on any atom is 0.262 e. The van der Waals surface area contributed by atoms with Crippen molar-refractivity contribution in [3.63, 3.8) is 0 Å². The summed E-state index contributed by atoms with van der Waals surface area (Å²) in [6.45, 7) is 0.708. The zero-order valence-corrected chi connectivity index (χ0v) is 20.3. The second-order valence-electron chi connectivity index (χ2n) is 10.1. The van der Waals surface area contributed by atoms with Crippen LogP contribution in [0, 0.1) is 11.4 Å². The maximum absolute atomic E-state index is 14.6. The van der Waals surface area contributed by atoms with Gasteiger partial charge >= 0.3 is 0 Å². The quantitative estimate of drug-likeness (QED) is 0.568. The SMILES string of the molecule is COCCN1C(=O)C2(N=C1N)c1cc(-c3cccnc3F)ccc1CC21CCc2ccccc2CC1. The zero-order chi connectivity index (χ0) is 24.9. The second-order valence-corrected chi connectivity index (χ2v) is 10.1. The molecule has 7 heteroatoms. The number of halogens is 1. The largest absolute Gasteiger partial charge is 0.383 e. The van der Waals surface area contributed by atoms with E-state index in [0.29, 0.717) is 24.3 Å². The lowest BCUT2D eigenvalue weighted by Crippen LogP contribution is -2.51. The Hall–Kier alpha value is -3.58. The normalized spacial score (nSPS) is 22.0. The van der Waals surface area contributed by atoms with Gasteiger partial charge in [0, 0.05) is 24.3 Å². The van der Waals surface area contributed by atoms with Crippen molar-refractivity contribution < 1.29 is 13.9 Å². The summed E-state index contributed by atoms with van der Waals surface area (Å²) in [5.41, 5.74) is 10.5. The molecule has 0 radical (unpaired) electrons. The fraction of sp³-hybridized carbons (Fsp3) is 0.345. The maximum atomic E-state index is 14.6. The van der Waals surface area contributed by atoms with Crippen LogP contribution in [0.5, 0.6) is 0 Å². The Morgan fingerprint density at radius 1 is 1.06 bits per heavy atom. The lowest BCUT2D eigenvalue weighted by atomic mass is 9.65. The first-order valence-corrected chi connectivity index (χ1v) is 12.5. The zero-order valence-electron chi connectivity index (χ0n) is 20.3. The van der Waals surface area contributed by atoms with Crippen LogP contribution in [0.2, 0.25) is 0 Å². The molecule has 2 aliphatic carbocycles. The summed E-state index contributed by atoms with van der Waals surface area (Å²) in [5, 5.41) is 0. The van der Waals surface area contributed by atoms with Crippen LogP contribution in [-0.2, 0) is 34.3 Å². The predicted octanol–water partition coefficient (Wildman–Crippen LogP) is 4.01. The van der Waals surface area contributed by atoms with Crippen molar-refractivity contribution in [1.29, 1.82) is 0 Å². The first kappa shape index (κ1) is 22.9. The van der Waals surface area contributed by atoms with E-state index in [1.165, 1.54) is 17.3 Å². The number of aryl methyl sites for hydroxylation is 2. The average Bonchev–Trinajstić information content (AvgIpc) is 3.21. The minimum absolute atomic E-state index is 0.106. The molecule has 1 amide bonds. The third-order valence-electron chi connectivity index (χ3n) is 8.36. The van der Waals surface area contributed by atoms with Crippen molar-refractivity contribution in [2.24, 2.45) is 16.1 Å². The molecule has 3 aromatic rings. The second kappa shape index (κ2) is 8.52. The lowest BCUT2D eigenvalue weighted by Gasteiger charge is -2.40. The smallest absolute Gasteiger partial charge is 0.262 e. The van der Waals surface area contributed by atoms with E-state index in [2.05, 4.69) is 29.2 Å². The van der Waals surface area contributed by atoms with Crippen molar-refractivity contribution in [1.82, 2.24) is 9.88 Å². The van der Waals surface area contributed by atoms with Gasteiger partial charge in [-0.3, -0.25) is 9.69 Å². The summed E-state index contributed by atoms with van der Waals surface area (Å²) in [6, 6.07) is 17.8. The number of aromatic nitrogens is 1. The molecular formula is C29H29FN4O2.